The number of rotatable bonds is 4. The Morgan fingerprint density at radius 1 is 1.57 bits per heavy atom. The van der Waals surface area contributed by atoms with E-state index in [4.69, 9.17) is 10.8 Å². The zero-order valence-electron chi connectivity index (χ0n) is 7.24. The van der Waals surface area contributed by atoms with Gasteiger partial charge in [0.2, 0.25) is 0 Å². The van der Waals surface area contributed by atoms with E-state index in [0.29, 0.717) is 0 Å². The number of aliphatic hydroxyl groups is 1. The van der Waals surface area contributed by atoms with Crippen LogP contribution in [-0.2, 0) is 0 Å². The van der Waals surface area contributed by atoms with Crippen molar-refractivity contribution in [1.29, 1.82) is 0 Å². The molecule has 0 aromatic carbocycles. The van der Waals surface area contributed by atoms with E-state index in [1.807, 2.05) is 0 Å². The summed E-state index contributed by atoms with van der Waals surface area (Å²) in [7, 11) is 0. The average Bonchev–Trinajstić information content (AvgIpc) is 2.17. The third kappa shape index (κ3) is 2.77. The predicted octanol–water partition coefficient (Wildman–Crippen LogP) is 0.0983. The van der Waals surface area contributed by atoms with Crippen molar-refractivity contribution in [2.75, 3.05) is 24.2 Å². The van der Waals surface area contributed by atoms with E-state index in [1.54, 1.807) is 0 Å². The molecule has 0 unspecified atom stereocenters. The van der Waals surface area contributed by atoms with Gasteiger partial charge in [-0.15, -0.1) is 0 Å². The van der Waals surface area contributed by atoms with E-state index in [-0.39, 0.29) is 11.5 Å². The number of nitrogens with zero attached hydrogens (tertiary/aromatic N) is 2. The molecular weight excluding hydrogens is 194 g/mol. The van der Waals surface area contributed by atoms with Crippen LogP contribution in [-0.4, -0.2) is 34.1 Å². The van der Waals surface area contributed by atoms with Crippen molar-refractivity contribution in [3.8, 4) is 0 Å². The standard InChI is InChI=1S/C7H10F2N4O/c8-7(9,3-14)2-12-6-5(10)1-11-4-13-6/h1,4,14H,2-3,10H2,(H,11,12,13). The second-order valence-corrected chi connectivity index (χ2v) is 2.69. The third-order valence-corrected chi connectivity index (χ3v) is 1.49. The average molecular weight is 204 g/mol. The molecule has 0 spiro atoms. The smallest absolute Gasteiger partial charge is 0.287 e. The van der Waals surface area contributed by atoms with Gasteiger partial charge in [0.05, 0.1) is 18.4 Å². The molecular formula is C7H10F2N4O. The molecule has 1 aromatic heterocycles. The molecule has 0 saturated heterocycles. The van der Waals surface area contributed by atoms with Gasteiger partial charge in [0.25, 0.3) is 5.92 Å². The molecule has 78 valence electrons. The maximum atomic E-state index is 12.6. The molecule has 5 nitrogen and oxygen atoms in total. The first-order chi connectivity index (χ1) is 6.55. The van der Waals surface area contributed by atoms with Gasteiger partial charge in [0.1, 0.15) is 12.9 Å². The van der Waals surface area contributed by atoms with Gasteiger partial charge in [-0.3, -0.25) is 0 Å². The van der Waals surface area contributed by atoms with Crippen LogP contribution < -0.4 is 11.1 Å². The Bertz CT molecular complexity index is 307. The fourth-order valence-electron chi connectivity index (χ4n) is 0.757. The van der Waals surface area contributed by atoms with E-state index in [2.05, 4.69) is 15.3 Å². The number of hydrogen-bond acceptors (Lipinski definition) is 5. The number of aliphatic hydroxyl groups excluding tert-OH is 1. The predicted molar refractivity (Wildman–Crippen MR) is 47.0 cm³/mol. The Hall–Kier alpha value is -1.50. The van der Waals surface area contributed by atoms with E-state index >= 15 is 0 Å². The minimum atomic E-state index is -3.18. The lowest BCUT2D eigenvalue weighted by Gasteiger charge is -2.14. The lowest BCUT2D eigenvalue weighted by atomic mass is 10.3. The number of alkyl halides is 2. The number of nitrogens with one attached hydrogen (secondary N) is 1. The first kappa shape index (κ1) is 10.6. The van der Waals surface area contributed by atoms with Gasteiger partial charge < -0.3 is 16.2 Å². The molecule has 1 rings (SSSR count). The summed E-state index contributed by atoms with van der Waals surface area (Å²) in [5, 5.41) is 10.6. The Labute approximate surface area is 79.0 Å². The van der Waals surface area contributed by atoms with Gasteiger partial charge in [0, 0.05) is 0 Å². The van der Waals surface area contributed by atoms with Gasteiger partial charge in [-0.05, 0) is 0 Å². The molecule has 0 aliphatic carbocycles. The Balaban J connectivity index is 2.58. The van der Waals surface area contributed by atoms with E-state index in [9.17, 15) is 8.78 Å². The second-order valence-electron chi connectivity index (χ2n) is 2.69. The number of aromatic nitrogens is 2. The van der Waals surface area contributed by atoms with Crippen LogP contribution in [0.5, 0.6) is 0 Å². The highest BCUT2D eigenvalue weighted by atomic mass is 19.3. The summed E-state index contributed by atoms with van der Waals surface area (Å²) < 4.78 is 25.1. The number of hydrogen-bond donors (Lipinski definition) is 3. The van der Waals surface area contributed by atoms with Crippen LogP contribution >= 0.6 is 0 Å². The molecule has 0 aliphatic rings. The molecule has 1 heterocycles. The zero-order valence-corrected chi connectivity index (χ0v) is 7.24. The van der Waals surface area contributed by atoms with Crippen LogP contribution in [0.1, 0.15) is 0 Å². The molecule has 0 saturated carbocycles. The van der Waals surface area contributed by atoms with Crippen molar-refractivity contribution < 1.29 is 13.9 Å². The molecule has 1 aromatic rings. The lowest BCUT2D eigenvalue weighted by molar-refractivity contribution is -0.0373. The monoisotopic (exact) mass is 204 g/mol. The second kappa shape index (κ2) is 4.14. The van der Waals surface area contributed by atoms with Crippen LogP contribution in [0.2, 0.25) is 0 Å². The summed E-state index contributed by atoms with van der Waals surface area (Å²) in [5.74, 6) is -3.05. The molecule has 0 fully saturated rings. The minimum Gasteiger partial charge on any atom is -0.394 e. The minimum absolute atomic E-state index is 0.133. The molecule has 7 heteroatoms. The van der Waals surface area contributed by atoms with Gasteiger partial charge in [-0.25, -0.2) is 18.7 Å². The van der Waals surface area contributed by atoms with Gasteiger partial charge in [-0.1, -0.05) is 0 Å². The van der Waals surface area contributed by atoms with Crippen molar-refractivity contribution in [1.82, 2.24) is 9.97 Å². The van der Waals surface area contributed by atoms with Gasteiger partial charge >= 0.3 is 0 Å². The van der Waals surface area contributed by atoms with Crippen LogP contribution in [0, 0.1) is 0 Å². The van der Waals surface area contributed by atoms with Crippen LogP contribution in [0.15, 0.2) is 12.5 Å². The number of nitrogens with two attached hydrogens (primary N) is 1. The Morgan fingerprint density at radius 2 is 2.29 bits per heavy atom. The van der Waals surface area contributed by atoms with Crippen LogP contribution in [0.4, 0.5) is 20.3 Å². The SMILES string of the molecule is Nc1cncnc1NCC(F)(F)CO. The van der Waals surface area contributed by atoms with E-state index in [0.717, 1.165) is 0 Å². The van der Waals surface area contributed by atoms with Crippen LogP contribution in [0.25, 0.3) is 0 Å². The van der Waals surface area contributed by atoms with Crippen molar-refractivity contribution in [2.24, 2.45) is 0 Å². The first-order valence-electron chi connectivity index (χ1n) is 3.83. The summed E-state index contributed by atoms with van der Waals surface area (Å²) in [4.78, 5) is 7.25. The molecule has 0 aliphatic heterocycles. The molecule has 0 amide bonds. The van der Waals surface area contributed by atoms with E-state index < -0.39 is 19.1 Å². The molecule has 0 bridgehead atoms. The molecule has 14 heavy (non-hydrogen) atoms. The maximum absolute atomic E-state index is 12.6. The highest BCUT2D eigenvalue weighted by Crippen LogP contribution is 2.16. The normalized spacial score (nSPS) is 11.4. The highest BCUT2D eigenvalue weighted by molar-refractivity contribution is 5.58. The molecule has 0 radical (unpaired) electrons. The third-order valence-electron chi connectivity index (χ3n) is 1.49. The summed E-state index contributed by atoms with van der Waals surface area (Å²) in [6, 6.07) is 0. The van der Waals surface area contributed by atoms with Gasteiger partial charge in [0.15, 0.2) is 5.82 Å². The Kier molecular flexibility index (Phi) is 3.13. The zero-order chi connectivity index (χ0) is 10.6. The fourth-order valence-corrected chi connectivity index (χ4v) is 0.757. The summed E-state index contributed by atoms with van der Waals surface area (Å²) in [5.41, 5.74) is 5.58. The molecule has 0 atom stereocenters. The lowest BCUT2D eigenvalue weighted by Crippen LogP contribution is -2.31. The fraction of sp³-hybridized carbons (Fsp3) is 0.429. The summed E-state index contributed by atoms with van der Waals surface area (Å²) >= 11 is 0. The number of anilines is 2. The summed E-state index contributed by atoms with van der Waals surface area (Å²) in [6.07, 6.45) is 2.49. The largest absolute Gasteiger partial charge is 0.394 e. The topological polar surface area (TPSA) is 84.1 Å². The highest BCUT2D eigenvalue weighted by Gasteiger charge is 2.27. The van der Waals surface area contributed by atoms with Crippen molar-refractivity contribution in [2.45, 2.75) is 5.92 Å². The maximum Gasteiger partial charge on any atom is 0.287 e. The van der Waals surface area contributed by atoms with Crippen molar-refractivity contribution >= 4 is 11.5 Å². The van der Waals surface area contributed by atoms with E-state index in [1.165, 1.54) is 12.5 Å². The van der Waals surface area contributed by atoms with Crippen molar-refractivity contribution in [3.63, 3.8) is 0 Å². The number of halogens is 2. The Morgan fingerprint density at radius 3 is 2.86 bits per heavy atom. The van der Waals surface area contributed by atoms with Gasteiger partial charge in [-0.2, -0.15) is 0 Å². The number of nitrogen functional groups attached to an aromatic ring is 1. The summed E-state index contributed by atoms with van der Waals surface area (Å²) in [6.45, 7) is -1.93. The quantitative estimate of drug-likeness (QED) is 0.647. The van der Waals surface area contributed by atoms with Crippen molar-refractivity contribution in [3.05, 3.63) is 12.5 Å². The van der Waals surface area contributed by atoms with Crippen LogP contribution in [0.3, 0.4) is 0 Å². The molecule has 4 N–H and O–H groups in total. The first-order valence-corrected chi connectivity index (χ1v) is 3.83.